The summed E-state index contributed by atoms with van der Waals surface area (Å²) in [6, 6.07) is 30.3. The summed E-state index contributed by atoms with van der Waals surface area (Å²) in [5.41, 5.74) is 28.0. The van der Waals surface area contributed by atoms with Crippen molar-refractivity contribution in [1.82, 2.24) is 29.9 Å². The molecule has 15 heteroatoms. The number of aromatic nitrogens is 6. The van der Waals surface area contributed by atoms with E-state index in [-0.39, 0.29) is 5.69 Å². The van der Waals surface area contributed by atoms with Crippen LogP contribution in [0.2, 0.25) is 0 Å². The van der Waals surface area contributed by atoms with E-state index in [1.54, 1.807) is 68.3 Å². The monoisotopic (exact) mass is 1150 g/mol. The van der Waals surface area contributed by atoms with Crippen molar-refractivity contribution in [3.63, 3.8) is 0 Å². The van der Waals surface area contributed by atoms with Crippen LogP contribution in [0.15, 0.2) is 124 Å². The van der Waals surface area contributed by atoms with Gasteiger partial charge in [-0.3, -0.25) is 10.1 Å². The molecular weight excluding hydrogens is 1070 g/mol. The Morgan fingerprint density at radius 3 is 1.22 bits per heavy atom. The van der Waals surface area contributed by atoms with Crippen molar-refractivity contribution in [2.45, 2.75) is 138 Å². The molecule has 0 fully saturated rings. The molecule has 0 bridgehead atoms. The lowest BCUT2D eigenvalue weighted by Crippen LogP contribution is -1.86. The first-order chi connectivity index (χ1) is 37.3. The summed E-state index contributed by atoms with van der Waals surface area (Å²) in [5.74, 6) is 0. The van der Waals surface area contributed by atoms with Gasteiger partial charge in [-0.05, 0) is 154 Å². The molecule has 0 saturated heterocycles. The Morgan fingerprint density at radius 1 is 0.338 bits per heavy atom. The molecule has 0 aliphatic heterocycles. The minimum Gasteiger partial charge on any atom is -0.258 e. The van der Waals surface area contributed by atoms with Gasteiger partial charge in [-0.25, -0.2) is 29.9 Å². The average molecular weight is 1150 g/mol. The van der Waals surface area contributed by atoms with Gasteiger partial charge in [-0.1, -0.05) is 107 Å². The SMILES string of the molecule is CC.CC.CC.CC.CC.CC.Cc1cc(C)c2scnc2c1.Cc1cc2ncsc2cc1C.Cc1ccc2scnc2c1.Cc1ccc2scnc2c1.Cc1ccc2scnc2c1C.O=[N+]([O-])c1ccc2scnc2c1. The van der Waals surface area contributed by atoms with Gasteiger partial charge in [0.2, 0.25) is 0 Å². The van der Waals surface area contributed by atoms with Crippen molar-refractivity contribution in [2.75, 3.05) is 0 Å². The van der Waals surface area contributed by atoms with Crippen LogP contribution in [0, 0.1) is 65.5 Å². The third kappa shape index (κ3) is 21.8. The Morgan fingerprint density at radius 2 is 0.714 bits per heavy atom. The largest absolute Gasteiger partial charge is 0.271 e. The van der Waals surface area contributed by atoms with E-state index in [1.165, 1.54) is 91.5 Å². The summed E-state index contributed by atoms with van der Waals surface area (Å²) in [5, 5.41) is 10.3. The molecule has 6 heterocycles. The van der Waals surface area contributed by atoms with E-state index in [4.69, 9.17) is 0 Å². The van der Waals surface area contributed by atoms with Crippen molar-refractivity contribution in [3.8, 4) is 0 Å². The van der Waals surface area contributed by atoms with Crippen LogP contribution in [-0.4, -0.2) is 34.8 Å². The second-order valence-electron chi connectivity index (χ2n) is 15.2. The lowest BCUT2D eigenvalue weighted by atomic mass is 10.1. The number of nitrogens with zero attached hydrogens (tertiary/aromatic N) is 7. The van der Waals surface area contributed by atoms with Gasteiger partial charge in [0.05, 0.1) is 99.3 Å². The average Bonchev–Trinajstić information content (AvgIpc) is 4.34. The third-order valence-corrected chi connectivity index (χ3v) is 15.2. The smallest absolute Gasteiger partial charge is 0.258 e. The fraction of sp³-hybridized carbons (Fsp3) is 0.323. The highest BCUT2D eigenvalue weighted by Crippen LogP contribution is 2.26. The van der Waals surface area contributed by atoms with Crippen LogP contribution in [0.3, 0.4) is 0 Å². The van der Waals surface area contributed by atoms with Crippen LogP contribution in [0.4, 0.5) is 5.69 Å². The highest BCUT2D eigenvalue weighted by Gasteiger charge is 2.07. The number of rotatable bonds is 1. The molecule has 0 saturated carbocycles. The second-order valence-corrected chi connectivity index (χ2v) is 20.4. The molecule has 77 heavy (non-hydrogen) atoms. The highest BCUT2D eigenvalue weighted by molar-refractivity contribution is 7.18. The minimum absolute atomic E-state index is 0.0911. The Labute approximate surface area is 483 Å². The van der Waals surface area contributed by atoms with Crippen molar-refractivity contribution in [1.29, 1.82) is 0 Å². The lowest BCUT2D eigenvalue weighted by Gasteiger charge is -1.97. The minimum atomic E-state index is -0.418. The number of fused-ring (bicyclic) bond motifs is 6. The molecule has 0 aliphatic carbocycles. The molecule has 12 rings (SSSR count). The van der Waals surface area contributed by atoms with Gasteiger partial charge in [-0.15, -0.1) is 68.0 Å². The van der Waals surface area contributed by atoms with Gasteiger partial charge >= 0.3 is 0 Å². The highest BCUT2D eigenvalue weighted by atomic mass is 32.1. The molecule has 0 aliphatic rings. The van der Waals surface area contributed by atoms with E-state index in [9.17, 15) is 10.1 Å². The van der Waals surface area contributed by atoms with Crippen molar-refractivity contribution in [3.05, 3.63) is 179 Å². The molecular formula is C62H81N7O2S6. The van der Waals surface area contributed by atoms with Crippen LogP contribution in [0.1, 0.15) is 128 Å². The molecule has 0 atom stereocenters. The molecule has 0 unspecified atom stereocenters. The first-order valence-electron chi connectivity index (χ1n) is 26.3. The quantitative estimate of drug-likeness (QED) is 0.118. The zero-order valence-electron chi connectivity index (χ0n) is 49.0. The standard InChI is InChI=1S/3C9H9NS.2C8H7NS.C7H4N2O2S.6C2H6/c1-6-3-8-9(4-7(6)2)11-5-10-8;1-6-3-7(2)9-8(4-6)10-5-11-9;1-6-3-4-8-9(7(6)2)10-5-11-8;2*1-6-2-3-8-7(4-6)9-5-10-8;10-9(11)5-1-2-7-6(3-5)8-4-12-7;6*1-2/h3*3-5H,1-2H3;2*2-5H,1H3;1-4H;6*1-2H3. The van der Waals surface area contributed by atoms with Crippen LogP contribution in [-0.2, 0) is 0 Å². The van der Waals surface area contributed by atoms with E-state index >= 15 is 0 Å². The van der Waals surface area contributed by atoms with Gasteiger partial charge in [0.15, 0.2) is 0 Å². The molecule has 12 aromatic rings. The molecule has 0 spiro atoms. The predicted octanol–water partition coefficient (Wildman–Crippen LogP) is 22.3. The third-order valence-electron chi connectivity index (χ3n) is 10.2. The maximum Gasteiger partial charge on any atom is 0.271 e. The fourth-order valence-corrected chi connectivity index (χ4v) is 10.7. The zero-order valence-corrected chi connectivity index (χ0v) is 53.9. The molecule has 0 N–H and O–H groups in total. The van der Waals surface area contributed by atoms with E-state index in [1.807, 2.05) is 111 Å². The number of nitro benzene ring substituents is 1. The summed E-state index contributed by atoms with van der Waals surface area (Å²) in [6.07, 6.45) is 0. The van der Waals surface area contributed by atoms with Crippen molar-refractivity contribution >= 4 is 135 Å². The maximum absolute atomic E-state index is 10.3. The summed E-state index contributed by atoms with van der Waals surface area (Å²) >= 11 is 9.95. The summed E-state index contributed by atoms with van der Waals surface area (Å²) in [7, 11) is 0. The summed E-state index contributed by atoms with van der Waals surface area (Å²) in [6.45, 7) is 40.9. The Kier molecular flexibility index (Phi) is 34.6. The number of hydrogen-bond donors (Lipinski definition) is 0. The number of aryl methyl sites for hydroxylation is 8. The lowest BCUT2D eigenvalue weighted by molar-refractivity contribution is -0.384. The first-order valence-corrected chi connectivity index (χ1v) is 31.6. The van der Waals surface area contributed by atoms with Crippen molar-refractivity contribution < 1.29 is 4.92 Å². The maximum atomic E-state index is 10.3. The summed E-state index contributed by atoms with van der Waals surface area (Å²) < 4.78 is 7.40. The van der Waals surface area contributed by atoms with Gasteiger partial charge in [0.25, 0.3) is 5.69 Å². The number of nitro groups is 1. The number of thiazole rings is 6. The zero-order chi connectivity index (χ0) is 58.0. The van der Waals surface area contributed by atoms with Gasteiger partial charge < -0.3 is 0 Å². The second kappa shape index (κ2) is 38.6. The molecule has 0 amide bonds. The van der Waals surface area contributed by atoms with Crippen molar-refractivity contribution in [2.24, 2.45) is 0 Å². The van der Waals surface area contributed by atoms with E-state index < -0.39 is 4.92 Å². The molecule has 6 aromatic heterocycles. The number of non-ortho nitro benzene ring substituents is 1. The first kappa shape index (κ1) is 69.1. The van der Waals surface area contributed by atoms with E-state index in [0.717, 1.165) is 32.3 Å². The van der Waals surface area contributed by atoms with Gasteiger partial charge in [-0.2, -0.15) is 0 Å². The summed E-state index contributed by atoms with van der Waals surface area (Å²) in [4.78, 5) is 35.1. The van der Waals surface area contributed by atoms with Crippen LogP contribution in [0.5, 0.6) is 0 Å². The molecule has 9 nitrogen and oxygen atoms in total. The Hall–Kier alpha value is -5.94. The Balaban J connectivity index is 0.000000444. The van der Waals surface area contributed by atoms with E-state index in [0.29, 0.717) is 5.52 Å². The predicted molar refractivity (Wildman–Crippen MR) is 350 cm³/mol. The van der Waals surface area contributed by atoms with Crippen LogP contribution < -0.4 is 0 Å². The normalized spacial score (nSPS) is 9.40. The molecule has 0 radical (unpaired) electrons. The van der Waals surface area contributed by atoms with Gasteiger partial charge in [0, 0.05) is 12.1 Å². The van der Waals surface area contributed by atoms with Gasteiger partial charge in [0.1, 0.15) is 0 Å². The topological polar surface area (TPSA) is 120 Å². The number of benzene rings is 6. The van der Waals surface area contributed by atoms with Crippen LogP contribution in [0.25, 0.3) is 61.3 Å². The Bertz CT molecular complexity index is 3400. The number of hydrogen-bond acceptors (Lipinski definition) is 14. The van der Waals surface area contributed by atoms with E-state index in [2.05, 4.69) is 158 Å². The molecule has 6 aromatic carbocycles. The fourth-order valence-electron chi connectivity index (χ4n) is 6.49. The van der Waals surface area contributed by atoms with Crippen LogP contribution >= 0.6 is 68.0 Å². The molecule has 412 valence electrons.